The van der Waals surface area contributed by atoms with Crippen LogP contribution in [-0.4, -0.2) is 17.8 Å². The Morgan fingerprint density at radius 1 is 1.53 bits per heavy atom. The number of hydrogen-bond donors (Lipinski definition) is 1. The lowest BCUT2D eigenvalue weighted by Crippen LogP contribution is -2.17. The van der Waals surface area contributed by atoms with E-state index in [0.717, 1.165) is 17.0 Å². The zero-order chi connectivity index (χ0) is 12.7. The van der Waals surface area contributed by atoms with Crippen molar-refractivity contribution in [2.45, 2.75) is 17.9 Å². The second kappa shape index (κ2) is 6.87. The van der Waals surface area contributed by atoms with Crippen LogP contribution < -0.4 is 5.73 Å². The van der Waals surface area contributed by atoms with E-state index in [9.17, 15) is 4.79 Å². The van der Waals surface area contributed by atoms with Gasteiger partial charge in [-0.2, -0.15) is 0 Å². The minimum Gasteiger partial charge on any atom is -0.452 e. The minimum atomic E-state index is -0.275. The van der Waals surface area contributed by atoms with Crippen molar-refractivity contribution in [3.8, 4) is 12.3 Å². The molecule has 0 spiro atoms. The normalized spacial score (nSPS) is 11.5. The molecule has 90 valence electrons. The highest BCUT2D eigenvalue weighted by Crippen LogP contribution is 2.19. The van der Waals surface area contributed by atoms with Crippen LogP contribution in [0.25, 0.3) is 0 Å². The molecule has 1 aromatic carbocycles. The quantitative estimate of drug-likeness (QED) is 0.493. The van der Waals surface area contributed by atoms with Crippen LogP contribution in [0, 0.1) is 12.3 Å². The van der Waals surface area contributed by atoms with Crippen molar-refractivity contribution in [2.75, 3.05) is 12.3 Å². The molecule has 0 amide bonds. The maximum absolute atomic E-state index is 11.4. The number of terminal acetylenes is 1. The Balaban J connectivity index is 2.37. The maximum Gasteiger partial charge on any atom is 0.319 e. The van der Waals surface area contributed by atoms with Crippen LogP contribution >= 0.6 is 11.8 Å². The Labute approximate surface area is 106 Å². The first kappa shape index (κ1) is 13.5. The molecule has 1 aromatic rings. The van der Waals surface area contributed by atoms with Crippen molar-refractivity contribution in [1.29, 1.82) is 0 Å². The second-order valence-electron chi connectivity index (χ2n) is 3.51. The number of rotatable bonds is 5. The summed E-state index contributed by atoms with van der Waals surface area (Å²) in [6.45, 7) is 1.84. The summed E-state index contributed by atoms with van der Waals surface area (Å²) in [6, 6.07) is 7.58. The van der Waals surface area contributed by atoms with Gasteiger partial charge in [0.1, 0.15) is 0 Å². The number of thioether (sulfide) groups is 1. The third-order valence-corrected chi connectivity index (χ3v) is 3.30. The van der Waals surface area contributed by atoms with E-state index >= 15 is 0 Å². The van der Waals surface area contributed by atoms with E-state index in [4.69, 9.17) is 16.9 Å². The molecular formula is C13H15NO2S. The first-order valence-corrected chi connectivity index (χ1v) is 6.24. The predicted octanol–water partition coefficient (Wildman–Crippen LogP) is 2.07. The highest BCUT2D eigenvalue weighted by atomic mass is 32.2. The van der Waals surface area contributed by atoms with Gasteiger partial charge in [0.25, 0.3) is 0 Å². The molecule has 4 heteroatoms. The van der Waals surface area contributed by atoms with E-state index in [-0.39, 0.29) is 17.8 Å². The van der Waals surface area contributed by atoms with Gasteiger partial charge in [-0.15, -0.1) is 18.2 Å². The molecule has 1 atom stereocenters. The standard InChI is InChI=1S/C13H15NO2S/c1-3-8-16-13(15)10(2)17-9-11-4-6-12(14)7-5-11/h1,4-7,10H,8-9,14H2,2H3. The number of ether oxygens (including phenoxy) is 1. The summed E-state index contributed by atoms with van der Waals surface area (Å²) >= 11 is 1.51. The summed E-state index contributed by atoms with van der Waals surface area (Å²) in [4.78, 5) is 11.4. The molecule has 0 aliphatic heterocycles. The van der Waals surface area contributed by atoms with Gasteiger partial charge < -0.3 is 10.5 Å². The molecule has 0 aliphatic rings. The fourth-order valence-electron chi connectivity index (χ4n) is 1.13. The summed E-state index contributed by atoms with van der Waals surface area (Å²) < 4.78 is 4.84. The summed E-state index contributed by atoms with van der Waals surface area (Å²) in [5, 5.41) is -0.221. The minimum absolute atomic E-state index is 0.0333. The smallest absolute Gasteiger partial charge is 0.319 e. The molecule has 0 fully saturated rings. The van der Waals surface area contributed by atoms with Gasteiger partial charge in [0.05, 0.1) is 5.25 Å². The Morgan fingerprint density at radius 2 is 2.18 bits per heavy atom. The highest BCUT2D eigenvalue weighted by Gasteiger charge is 2.14. The van der Waals surface area contributed by atoms with Crippen LogP contribution in [0.2, 0.25) is 0 Å². The van der Waals surface area contributed by atoms with Crippen LogP contribution in [0.15, 0.2) is 24.3 Å². The Hall–Kier alpha value is -1.60. The summed E-state index contributed by atoms with van der Waals surface area (Å²) in [5.41, 5.74) is 7.45. The summed E-state index contributed by atoms with van der Waals surface area (Å²) in [7, 11) is 0. The predicted molar refractivity (Wildman–Crippen MR) is 71.4 cm³/mol. The number of nitrogens with two attached hydrogens (primary N) is 1. The molecule has 17 heavy (non-hydrogen) atoms. The first-order valence-electron chi connectivity index (χ1n) is 5.19. The van der Waals surface area contributed by atoms with Gasteiger partial charge in [-0.25, -0.2) is 0 Å². The van der Waals surface area contributed by atoms with Crippen molar-refractivity contribution in [3.05, 3.63) is 29.8 Å². The monoisotopic (exact) mass is 249 g/mol. The second-order valence-corrected chi connectivity index (χ2v) is 4.84. The Bertz CT molecular complexity index is 408. The highest BCUT2D eigenvalue weighted by molar-refractivity contribution is 7.99. The molecule has 0 aliphatic carbocycles. The van der Waals surface area contributed by atoms with Crippen LogP contribution in [0.5, 0.6) is 0 Å². The van der Waals surface area contributed by atoms with E-state index in [1.165, 1.54) is 11.8 Å². The van der Waals surface area contributed by atoms with Crippen LogP contribution in [0.4, 0.5) is 5.69 Å². The Kier molecular flexibility index (Phi) is 5.44. The zero-order valence-electron chi connectivity index (χ0n) is 9.68. The first-order chi connectivity index (χ1) is 8.13. The molecule has 0 saturated carbocycles. The molecule has 1 rings (SSSR count). The van der Waals surface area contributed by atoms with E-state index in [1.807, 2.05) is 24.3 Å². The number of nitrogen functional groups attached to an aromatic ring is 1. The van der Waals surface area contributed by atoms with Gasteiger partial charge in [0, 0.05) is 11.4 Å². The van der Waals surface area contributed by atoms with Gasteiger partial charge in [-0.1, -0.05) is 18.1 Å². The zero-order valence-corrected chi connectivity index (χ0v) is 10.5. The average Bonchev–Trinajstić information content (AvgIpc) is 2.34. The molecule has 3 nitrogen and oxygen atoms in total. The number of anilines is 1. The number of hydrogen-bond acceptors (Lipinski definition) is 4. The fourth-order valence-corrected chi connectivity index (χ4v) is 1.97. The topological polar surface area (TPSA) is 52.3 Å². The van der Waals surface area contributed by atoms with Crippen LogP contribution in [0.3, 0.4) is 0 Å². The third kappa shape index (κ3) is 4.83. The molecule has 1 unspecified atom stereocenters. The fraction of sp³-hybridized carbons (Fsp3) is 0.308. The largest absolute Gasteiger partial charge is 0.452 e. The van der Waals surface area contributed by atoms with Crippen molar-refractivity contribution in [2.24, 2.45) is 0 Å². The lowest BCUT2D eigenvalue weighted by molar-refractivity contribution is -0.141. The molecular weight excluding hydrogens is 234 g/mol. The van der Waals surface area contributed by atoms with E-state index in [0.29, 0.717) is 0 Å². The number of benzene rings is 1. The van der Waals surface area contributed by atoms with Gasteiger partial charge in [-0.3, -0.25) is 4.79 Å². The number of esters is 1. The summed E-state index contributed by atoms with van der Waals surface area (Å²) in [6.07, 6.45) is 5.01. The lowest BCUT2D eigenvalue weighted by atomic mass is 10.2. The maximum atomic E-state index is 11.4. The van der Waals surface area contributed by atoms with Crippen molar-refractivity contribution in [3.63, 3.8) is 0 Å². The van der Waals surface area contributed by atoms with Crippen molar-refractivity contribution in [1.82, 2.24) is 0 Å². The van der Waals surface area contributed by atoms with Gasteiger partial charge in [0.15, 0.2) is 6.61 Å². The van der Waals surface area contributed by atoms with Crippen LogP contribution in [0.1, 0.15) is 12.5 Å². The average molecular weight is 249 g/mol. The van der Waals surface area contributed by atoms with Gasteiger partial charge in [0.2, 0.25) is 0 Å². The summed E-state index contributed by atoms with van der Waals surface area (Å²) in [5.74, 6) is 2.74. The molecule has 0 radical (unpaired) electrons. The SMILES string of the molecule is C#CCOC(=O)C(C)SCc1ccc(N)cc1. The van der Waals surface area contributed by atoms with E-state index in [1.54, 1.807) is 6.92 Å². The van der Waals surface area contributed by atoms with Crippen molar-refractivity contribution < 1.29 is 9.53 Å². The number of carbonyl (C=O) groups is 1. The third-order valence-electron chi connectivity index (χ3n) is 2.11. The van der Waals surface area contributed by atoms with Crippen LogP contribution in [-0.2, 0) is 15.3 Å². The van der Waals surface area contributed by atoms with Gasteiger partial charge >= 0.3 is 5.97 Å². The van der Waals surface area contributed by atoms with E-state index in [2.05, 4.69) is 5.92 Å². The lowest BCUT2D eigenvalue weighted by Gasteiger charge is -2.09. The van der Waals surface area contributed by atoms with E-state index < -0.39 is 0 Å². The molecule has 0 aromatic heterocycles. The Morgan fingerprint density at radius 3 is 2.76 bits per heavy atom. The van der Waals surface area contributed by atoms with Crippen molar-refractivity contribution >= 4 is 23.4 Å². The molecule has 0 heterocycles. The molecule has 0 saturated heterocycles. The molecule has 0 bridgehead atoms. The van der Waals surface area contributed by atoms with Gasteiger partial charge in [-0.05, 0) is 24.6 Å². The molecule has 2 N–H and O–H groups in total. The number of carbonyl (C=O) groups excluding carboxylic acids is 1.